The first-order valence-electron chi connectivity index (χ1n) is 7.05. The quantitative estimate of drug-likeness (QED) is 0.750. The molecule has 0 unspecified atom stereocenters. The molecule has 0 saturated carbocycles. The Bertz CT molecular complexity index is 472. The van der Waals surface area contributed by atoms with Crippen LogP contribution in [0.15, 0.2) is 24.3 Å². The zero-order valence-corrected chi connectivity index (χ0v) is 12.1. The number of piperidine rings is 1. The summed E-state index contributed by atoms with van der Waals surface area (Å²) in [7, 11) is 1.53. The summed E-state index contributed by atoms with van der Waals surface area (Å²) in [5, 5.41) is 15.9. The number of methoxy groups -OCH3 is 1. The van der Waals surface area contributed by atoms with Gasteiger partial charge in [-0.3, -0.25) is 4.79 Å². The van der Waals surface area contributed by atoms with Crippen LogP contribution in [0.4, 0.5) is 4.39 Å². The summed E-state index contributed by atoms with van der Waals surface area (Å²) in [6, 6.07) is 5.57. The lowest BCUT2D eigenvalue weighted by molar-refractivity contribution is -0.147. The summed E-state index contributed by atoms with van der Waals surface area (Å²) >= 11 is 0. The van der Waals surface area contributed by atoms with Gasteiger partial charge in [0.15, 0.2) is 0 Å². The largest absolute Gasteiger partial charge is 0.387 e. The van der Waals surface area contributed by atoms with Gasteiger partial charge in [-0.1, -0.05) is 12.1 Å². The fraction of sp³-hybridized carbons (Fsp3) is 0.533. The highest BCUT2D eigenvalue weighted by Gasteiger charge is 2.39. The molecule has 21 heavy (non-hydrogen) atoms. The molecule has 1 aromatic rings. The molecule has 0 radical (unpaired) electrons. The minimum atomic E-state index is -0.870. The average Bonchev–Trinajstić information content (AvgIpc) is 2.53. The summed E-state index contributed by atoms with van der Waals surface area (Å²) in [4.78, 5) is 12.3. The molecular weight excluding hydrogens is 275 g/mol. The van der Waals surface area contributed by atoms with Gasteiger partial charge in [0, 0.05) is 13.7 Å². The van der Waals surface area contributed by atoms with Crippen LogP contribution < -0.4 is 10.6 Å². The van der Waals surface area contributed by atoms with Crippen LogP contribution in [0.25, 0.3) is 0 Å². The molecule has 0 bridgehead atoms. The van der Waals surface area contributed by atoms with Gasteiger partial charge in [0.2, 0.25) is 0 Å². The van der Waals surface area contributed by atoms with Crippen LogP contribution in [0.1, 0.15) is 24.5 Å². The fourth-order valence-corrected chi connectivity index (χ4v) is 2.51. The zero-order valence-electron chi connectivity index (χ0n) is 12.1. The minimum Gasteiger partial charge on any atom is -0.387 e. The average molecular weight is 296 g/mol. The molecule has 0 aliphatic carbocycles. The van der Waals surface area contributed by atoms with Crippen LogP contribution in [0.2, 0.25) is 0 Å². The zero-order chi connectivity index (χ0) is 15.3. The van der Waals surface area contributed by atoms with Crippen molar-refractivity contribution in [3.05, 3.63) is 35.6 Å². The van der Waals surface area contributed by atoms with E-state index in [0.717, 1.165) is 13.1 Å². The third kappa shape index (κ3) is 3.78. The van der Waals surface area contributed by atoms with Crippen molar-refractivity contribution in [2.45, 2.75) is 24.5 Å². The molecule has 1 saturated heterocycles. The van der Waals surface area contributed by atoms with Crippen molar-refractivity contribution < 1.29 is 19.0 Å². The van der Waals surface area contributed by atoms with Gasteiger partial charge >= 0.3 is 0 Å². The number of amides is 1. The molecule has 1 aliphatic rings. The first-order valence-corrected chi connectivity index (χ1v) is 7.05. The van der Waals surface area contributed by atoms with Gasteiger partial charge in [0.1, 0.15) is 11.4 Å². The number of carbonyl (C=O) groups is 1. The monoisotopic (exact) mass is 296 g/mol. The van der Waals surface area contributed by atoms with E-state index in [0.29, 0.717) is 18.4 Å². The van der Waals surface area contributed by atoms with Gasteiger partial charge in [-0.25, -0.2) is 4.39 Å². The van der Waals surface area contributed by atoms with E-state index in [1.807, 2.05) is 0 Å². The van der Waals surface area contributed by atoms with Crippen LogP contribution >= 0.6 is 0 Å². The molecule has 1 aromatic carbocycles. The Hall–Kier alpha value is -1.50. The normalized spacial score (nSPS) is 19.0. The topological polar surface area (TPSA) is 70.6 Å². The molecule has 1 heterocycles. The molecule has 1 aliphatic heterocycles. The summed E-state index contributed by atoms with van der Waals surface area (Å²) in [6.45, 7) is 1.52. The second-order valence-corrected chi connectivity index (χ2v) is 5.23. The van der Waals surface area contributed by atoms with Crippen molar-refractivity contribution in [2.75, 3.05) is 26.7 Å². The van der Waals surface area contributed by atoms with E-state index in [4.69, 9.17) is 4.74 Å². The van der Waals surface area contributed by atoms with Crippen LogP contribution in [0.3, 0.4) is 0 Å². The summed E-state index contributed by atoms with van der Waals surface area (Å²) in [6.07, 6.45) is 0.328. The smallest absolute Gasteiger partial charge is 0.252 e. The van der Waals surface area contributed by atoms with E-state index in [9.17, 15) is 14.3 Å². The molecular formula is C15H21FN2O3. The van der Waals surface area contributed by atoms with Crippen molar-refractivity contribution in [3.8, 4) is 0 Å². The first-order chi connectivity index (χ1) is 10.1. The van der Waals surface area contributed by atoms with Gasteiger partial charge in [-0.2, -0.15) is 0 Å². The van der Waals surface area contributed by atoms with Crippen molar-refractivity contribution in [3.63, 3.8) is 0 Å². The molecule has 1 fully saturated rings. The summed E-state index contributed by atoms with van der Waals surface area (Å²) in [5.41, 5.74) is -0.262. The van der Waals surface area contributed by atoms with E-state index < -0.39 is 11.7 Å². The predicted octanol–water partition coefficient (Wildman–Crippen LogP) is 0.744. The van der Waals surface area contributed by atoms with E-state index in [-0.39, 0.29) is 18.3 Å². The fourth-order valence-electron chi connectivity index (χ4n) is 2.51. The number of aliphatic hydroxyl groups excluding tert-OH is 1. The molecule has 1 atom stereocenters. The molecule has 5 nitrogen and oxygen atoms in total. The van der Waals surface area contributed by atoms with Gasteiger partial charge < -0.3 is 20.5 Å². The number of nitrogens with one attached hydrogen (secondary N) is 2. The second kappa shape index (κ2) is 6.98. The number of carbonyl (C=O) groups excluding carboxylic acids is 1. The number of hydrogen-bond donors (Lipinski definition) is 3. The maximum absolute atomic E-state index is 12.8. The van der Waals surface area contributed by atoms with Gasteiger partial charge in [0.25, 0.3) is 5.91 Å². The molecule has 3 N–H and O–H groups in total. The lowest BCUT2D eigenvalue weighted by Gasteiger charge is -2.35. The molecule has 0 spiro atoms. The number of rotatable bonds is 5. The number of halogens is 1. The van der Waals surface area contributed by atoms with Crippen LogP contribution in [0, 0.1) is 5.82 Å². The Morgan fingerprint density at radius 1 is 1.43 bits per heavy atom. The number of aliphatic hydroxyl groups is 1. The summed E-state index contributed by atoms with van der Waals surface area (Å²) in [5.74, 6) is -0.573. The van der Waals surface area contributed by atoms with E-state index in [1.54, 1.807) is 0 Å². The van der Waals surface area contributed by atoms with E-state index in [1.165, 1.54) is 31.4 Å². The Morgan fingerprint density at radius 2 is 2.05 bits per heavy atom. The second-order valence-electron chi connectivity index (χ2n) is 5.23. The standard InChI is InChI=1S/C15H21FN2O3/c1-21-15(6-8-17-9-7-15)14(20)18-10-13(19)11-2-4-12(16)5-3-11/h2-5,13,17,19H,6-10H2,1H3,(H,18,20)/t13-/m1/s1. The maximum Gasteiger partial charge on any atom is 0.252 e. The highest BCUT2D eigenvalue weighted by molar-refractivity contribution is 5.85. The SMILES string of the molecule is COC1(C(=O)NC[C@@H](O)c2ccc(F)cc2)CCNCC1. The lowest BCUT2D eigenvalue weighted by Crippen LogP contribution is -2.54. The van der Waals surface area contributed by atoms with Crippen molar-refractivity contribution in [2.24, 2.45) is 0 Å². The Labute approximate surface area is 123 Å². The molecule has 6 heteroatoms. The van der Waals surface area contributed by atoms with Crippen LogP contribution in [-0.4, -0.2) is 43.4 Å². The van der Waals surface area contributed by atoms with Crippen LogP contribution in [-0.2, 0) is 9.53 Å². The lowest BCUT2D eigenvalue weighted by atomic mass is 9.91. The Balaban J connectivity index is 1.92. The summed E-state index contributed by atoms with van der Waals surface area (Å²) < 4.78 is 18.2. The Morgan fingerprint density at radius 3 is 2.62 bits per heavy atom. The third-order valence-electron chi connectivity index (χ3n) is 3.93. The third-order valence-corrected chi connectivity index (χ3v) is 3.93. The first kappa shape index (κ1) is 15.9. The van der Waals surface area contributed by atoms with E-state index in [2.05, 4.69) is 10.6 Å². The number of benzene rings is 1. The molecule has 2 rings (SSSR count). The highest BCUT2D eigenvalue weighted by Crippen LogP contribution is 2.23. The van der Waals surface area contributed by atoms with Crippen molar-refractivity contribution >= 4 is 5.91 Å². The minimum absolute atomic E-state index is 0.0724. The van der Waals surface area contributed by atoms with Gasteiger partial charge in [-0.15, -0.1) is 0 Å². The van der Waals surface area contributed by atoms with Crippen molar-refractivity contribution in [1.82, 2.24) is 10.6 Å². The van der Waals surface area contributed by atoms with Crippen molar-refractivity contribution in [1.29, 1.82) is 0 Å². The van der Waals surface area contributed by atoms with E-state index >= 15 is 0 Å². The van der Waals surface area contributed by atoms with Gasteiger partial charge in [-0.05, 0) is 43.6 Å². The molecule has 1 amide bonds. The van der Waals surface area contributed by atoms with Crippen LogP contribution in [0.5, 0.6) is 0 Å². The number of hydrogen-bond acceptors (Lipinski definition) is 4. The predicted molar refractivity (Wildman–Crippen MR) is 76.2 cm³/mol. The highest BCUT2D eigenvalue weighted by atomic mass is 19.1. The maximum atomic E-state index is 12.8. The Kier molecular flexibility index (Phi) is 5.27. The molecule has 0 aromatic heterocycles. The number of ether oxygens (including phenoxy) is 1. The van der Waals surface area contributed by atoms with Gasteiger partial charge in [0.05, 0.1) is 6.10 Å². The molecule has 116 valence electrons.